The summed E-state index contributed by atoms with van der Waals surface area (Å²) in [7, 11) is 1.51. The molecule has 7 heteroatoms. The van der Waals surface area contributed by atoms with Crippen LogP contribution in [0, 0.1) is 11.3 Å². The third-order valence-electron chi connectivity index (χ3n) is 3.47. The number of carbonyl (C=O) groups excluding carboxylic acids is 1. The van der Waals surface area contributed by atoms with E-state index in [2.05, 4.69) is 11.7 Å². The van der Waals surface area contributed by atoms with E-state index in [9.17, 15) is 4.79 Å². The quantitative estimate of drug-likeness (QED) is 0.552. The molecule has 1 aromatic carbocycles. The van der Waals surface area contributed by atoms with Crippen molar-refractivity contribution in [2.45, 2.75) is 13.3 Å². The Morgan fingerprint density at radius 1 is 1.48 bits per heavy atom. The first-order valence-corrected chi connectivity index (χ1v) is 7.97. The average molecular weight is 360 g/mol. The van der Waals surface area contributed by atoms with Gasteiger partial charge in [0, 0.05) is 0 Å². The Kier molecular flexibility index (Phi) is 6.20. The van der Waals surface area contributed by atoms with Crippen LogP contribution < -0.4 is 9.47 Å². The zero-order valence-corrected chi connectivity index (χ0v) is 14.8. The number of hydrogen-bond donors (Lipinski definition) is 0. The largest absolute Gasteiger partial charge is 0.493 e. The zero-order chi connectivity index (χ0) is 18.4. The van der Waals surface area contributed by atoms with Crippen molar-refractivity contribution in [3.63, 3.8) is 0 Å². The number of benzene rings is 1. The number of carbonyl (C=O) groups is 1. The molecule has 25 heavy (non-hydrogen) atoms. The molecule has 1 aliphatic heterocycles. The fourth-order valence-corrected chi connectivity index (χ4v) is 2.59. The van der Waals surface area contributed by atoms with Gasteiger partial charge in [0.05, 0.1) is 42.5 Å². The number of hydrazone groups is 1. The highest BCUT2D eigenvalue weighted by Crippen LogP contribution is 2.37. The highest BCUT2D eigenvalue weighted by atomic mass is 35.5. The Bertz CT molecular complexity index is 793. The van der Waals surface area contributed by atoms with Crippen LogP contribution >= 0.6 is 11.6 Å². The van der Waals surface area contributed by atoms with E-state index < -0.39 is 0 Å². The number of ether oxygens (including phenoxy) is 2. The highest BCUT2D eigenvalue weighted by molar-refractivity contribution is 6.32. The third-order valence-corrected chi connectivity index (χ3v) is 3.75. The predicted octanol–water partition coefficient (Wildman–Crippen LogP) is 3.43. The highest BCUT2D eigenvalue weighted by Gasteiger charge is 2.27. The van der Waals surface area contributed by atoms with Crippen molar-refractivity contribution in [2.75, 3.05) is 20.3 Å². The molecule has 1 aromatic rings. The van der Waals surface area contributed by atoms with E-state index in [1.807, 2.05) is 6.07 Å². The molecule has 1 aliphatic rings. The lowest BCUT2D eigenvalue weighted by atomic mass is 10.1. The van der Waals surface area contributed by atoms with Crippen molar-refractivity contribution in [3.05, 3.63) is 40.9 Å². The molecule has 0 fully saturated rings. The summed E-state index contributed by atoms with van der Waals surface area (Å²) in [5.74, 6) is 0.641. The van der Waals surface area contributed by atoms with E-state index in [0.29, 0.717) is 40.0 Å². The molecule has 0 saturated heterocycles. The average Bonchev–Trinajstić information content (AvgIpc) is 2.86. The molecule has 0 spiro atoms. The Morgan fingerprint density at radius 3 is 2.88 bits per heavy atom. The second-order valence-corrected chi connectivity index (χ2v) is 5.62. The molecule has 0 saturated carbocycles. The van der Waals surface area contributed by atoms with Gasteiger partial charge in [-0.2, -0.15) is 10.4 Å². The summed E-state index contributed by atoms with van der Waals surface area (Å²) >= 11 is 6.27. The standard InChI is InChI=1S/C18H18ClN3O3/c1-4-8-25-17-15(19)10-13(11-16(17)24-3)9-14-12(2)21-22(18(14)23)7-5-6-20/h4,9-11H,1,5,7-8H2,2-3H3/b14-9-. The molecule has 2 rings (SSSR count). The molecule has 1 amide bonds. The Balaban J connectivity index is 2.33. The topological polar surface area (TPSA) is 74.9 Å². The van der Waals surface area contributed by atoms with Gasteiger partial charge in [-0.3, -0.25) is 4.79 Å². The number of amides is 1. The van der Waals surface area contributed by atoms with Crippen molar-refractivity contribution in [2.24, 2.45) is 5.10 Å². The summed E-state index contributed by atoms with van der Waals surface area (Å²) in [6, 6.07) is 5.42. The van der Waals surface area contributed by atoms with Gasteiger partial charge < -0.3 is 9.47 Å². The normalized spacial score (nSPS) is 15.1. The maximum atomic E-state index is 12.4. The number of nitrogens with zero attached hydrogens (tertiary/aromatic N) is 3. The first kappa shape index (κ1) is 18.6. The predicted molar refractivity (Wildman–Crippen MR) is 96.7 cm³/mol. The molecule has 1 heterocycles. The lowest BCUT2D eigenvalue weighted by Gasteiger charge is -2.12. The number of methoxy groups -OCH3 is 1. The molecule has 0 aromatic heterocycles. The molecular formula is C18H18ClN3O3. The summed E-state index contributed by atoms with van der Waals surface area (Å²) in [5.41, 5.74) is 1.73. The maximum absolute atomic E-state index is 12.4. The minimum absolute atomic E-state index is 0.227. The van der Waals surface area contributed by atoms with Crippen LogP contribution in [-0.2, 0) is 4.79 Å². The van der Waals surface area contributed by atoms with Gasteiger partial charge in [0.2, 0.25) is 0 Å². The van der Waals surface area contributed by atoms with E-state index in [1.54, 1.807) is 31.2 Å². The summed E-state index contributed by atoms with van der Waals surface area (Å²) in [6.07, 6.45) is 3.53. The van der Waals surface area contributed by atoms with E-state index in [1.165, 1.54) is 12.1 Å². The van der Waals surface area contributed by atoms with Crippen LogP contribution in [0.4, 0.5) is 0 Å². The molecular weight excluding hydrogens is 342 g/mol. The lowest BCUT2D eigenvalue weighted by molar-refractivity contribution is -0.125. The van der Waals surface area contributed by atoms with Crippen molar-refractivity contribution in [1.82, 2.24) is 5.01 Å². The van der Waals surface area contributed by atoms with Gasteiger partial charge in [-0.15, -0.1) is 0 Å². The van der Waals surface area contributed by atoms with E-state index in [0.717, 1.165) is 0 Å². The Labute approximate surface area is 151 Å². The molecule has 6 nitrogen and oxygen atoms in total. The van der Waals surface area contributed by atoms with Crippen LogP contribution in [0.3, 0.4) is 0 Å². The minimum Gasteiger partial charge on any atom is -0.493 e. The van der Waals surface area contributed by atoms with Gasteiger partial charge in [0.15, 0.2) is 11.5 Å². The van der Waals surface area contributed by atoms with Gasteiger partial charge in [-0.1, -0.05) is 24.3 Å². The first-order valence-electron chi connectivity index (χ1n) is 7.59. The first-order chi connectivity index (χ1) is 12.0. The van der Waals surface area contributed by atoms with Crippen LogP contribution in [0.2, 0.25) is 5.02 Å². The second kappa shape index (κ2) is 8.36. The van der Waals surface area contributed by atoms with Gasteiger partial charge in [-0.25, -0.2) is 5.01 Å². The maximum Gasteiger partial charge on any atom is 0.275 e. The van der Waals surface area contributed by atoms with E-state index in [-0.39, 0.29) is 18.9 Å². The van der Waals surface area contributed by atoms with Gasteiger partial charge in [0.1, 0.15) is 6.61 Å². The number of hydrogen-bond acceptors (Lipinski definition) is 5. The second-order valence-electron chi connectivity index (χ2n) is 5.21. The fraction of sp³-hybridized carbons (Fsp3) is 0.278. The summed E-state index contributed by atoms with van der Waals surface area (Å²) < 4.78 is 10.8. The Morgan fingerprint density at radius 2 is 2.24 bits per heavy atom. The van der Waals surface area contributed by atoms with Crippen molar-refractivity contribution in [1.29, 1.82) is 5.26 Å². The smallest absolute Gasteiger partial charge is 0.275 e. The number of halogens is 1. The van der Waals surface area contributed by atoms with Gasteiger partial charge in [-0.05, 0) is 30.7 Å². The van der Waals surface area contributed by atoms with Crippen LogP contribution in [0.5, 0.6) is 11.5 Å². The summed E-state index contributed by atoms with van der Waals surface area (Å²) in [6.45, 7) is 5.91. The van der Waals surface area contributed by atoms with Crippen LogP contribution in [0.15, 0.2) is 35.5 Å². The minimum atomic E-state index is -0.241. The third kappa shape index (κ3) is 4.20. The van der Waals surface area contributed by atoms with Gasteiger partial charge >= 0.3 is 0 Å². The summed E-state index contributed by atoms with van der Waals surface area (Å²) in [4.78, 5) is 12.4. The van der Waals surface area contributed by atoms with E-state index >= 15 is 0 Å². The van der Waals surface area contributed by atoms with E-state index in [4.69, 9.17) is 26.3 Å². The molecule has 0 unspecified atom stereocenters. The van der Waals surface area contributed by atoms with Crippen LogP contribution in [-0.4, -0.2) is 36.9 Å². The van der Waals surface area contributed by atoms with Crippen LogP contribution in [0.1, 0.15) is 18.9 Å². The molecule has 130 valence electrons. The molecule has 0 atom stereocenters. The van der Waals surface area contributed by atoms with Crippen molar-refractivity contribution < 1.29 is 14.3 Å². The SMILES string of the molecule is C=CCOc1c(Cl)cc(/C=C2\C(=O)N(CCC#N)N=C2C)cc1OC. The molecule has 0 N–H and O–H groups in total. The molecule has 0 radical (unpaired) electrons. The number of nitriles is 1. The monoisotopic (exact) mass is 359 g/mol. The number of rotatable bonds is 7. The fourth-order valence-electron chi connectivity index (χ4n) is 2.32. The van der Waals surface area contributed by atoms with Crippen LogP contribution in [0.25, 0.3) is 6.08 Å². The van der Waals surface area contributed by atoms with Gasteiger partial charge in [0.25, 0.3) is 5.91 Å². The molecule has 0 aliphatic carbocycles. The lowest BCUT2D eigenvalue weighted by Crippen LogP contribution is -2.22. The Hall–Kier alpha value is -2.78. The summed E-state index contributed by atoms with van der Waals surface area (Å²) in [5, 5.41) is 14.5. The zero-order valence-electron chi connectivity index (χ0n) is 14.1. The van der Waals surface area contributed by atoms with Crippen molar-refractivity contribution >= 4 is 29.3 Å². The molecule has 0 bridgehead atoms. The van der Waals surface area contributed by atoms with Crippen molar-refractivity contribution in [3.8, 4) is 17.6 Å².